The number of carbonyl (C=O) groups excluding carboxylic acids is 2. The molecule has 0 fully saturated rings. The van der Waals surface area contributed by atoms with Gasteiger partial charge in [0.05, 0.1) is 5.25 Å². The van der Waals surface area contributed by atoms with Crippen LogP contribution >= 0.6 is 12.6 Å². The molecule has 1 atom stereocenters. The number of carbonyl (C=O) groups is 2. The van der Waals surface area contributed by atoms with Crippen LogP contribution in [0.15, 0.2) is 12.7 Å². The fraction of sp³-hybridized carbons (Fsp3) is 0.429. The van der Waals surface area contributed by atoms with Crippen LogP contribution in [-0.4, -0.2) is 17.2 Å². The van der Waals surface area contributed by atoms with Crippen LogP contribution < -0.4 is 0 Å². The van der Waals surface area contributed by atoms with Gasteiger partial charge in [0.1, 0.15) is 0 Å². The molecule has 0 aliphatic rings. The molecular weight excluding hydrogens is 164 g/mol. The van der Waals surface area contributed by atoms with E-state index in [2.05, 4.69) is 23.9 Å². The Balaban J connectivity index is 3.86. The fourth-order valence-electron chi connectivity index (χ4n) is 0.375. The molecule has 0 bridgehead atoms. The summed E-state index contributed by atoms with van der Waals surface area (Å²) in [5, 5.41) is -0.529. The summed E-state index contributed by atoms with van der Waals surface area (Å²) in [5.74, 6) is -1.36. The zero-order valence-corrected chi connectivity index (χ0v) is 7.14. The van der Waals surface area contributed by atoms with Crippen molar-refractivity contribution < 1.29 is 14.3 Å². The third-order valence-corrected chi connectivity index (χ3v) is 1.60. The van der Waals surface area contributed by atoms with Gasteiger partial charge in [0, 0.05) is 6.08 Å². The highest BCUT2D eigenvalue weighted by Gasteiger charge is 2.14. The average Bonchev–Trinajstić information content (AvgIpc) is 2.02. The lowest BCUT2D eigenvalue weighted by Crippen LogP contribution is -2.19. The molecule has 1 unspecified atom stereocenters. The van der Waals surface area contributed by atoms with Crippen molar-refractivity contribution in [3.8, 4) is 0 Å². The molecule has 0 aliphatic carbocycles. The molecule has 0 spiro atoms. The van der Waals surface area contributed by atoms with Crippen molar-refractivity contribution in [1.29, 1.82) is 0 Å². The van der Waals surface area contributed by atoms with E-state index < -0.39 is 17.2 Å². The summed E-state index contributed by atoms with van der Waals surface area (Å²) < 4.78 is 4.28. The molecule has 0 radical (unpaired) electrons. The molecule has 0 saturated heterocycles. The smallest absolute Gasteiger partial charge is 0.337 e. The lowest BCUT2D eigenvalue weighted by Gasteiger charge is -2.03. The third-order valence-electron chi connectivity index (χ3n) is 1.03. The Morgan fingerprint density at radius 1 is 1.73 bits per heavy atom. The monoisotopic (exact) mass is 174 g/mol. The van der Waals surface area contributed by atoms with E-state index in [0.717, 1.165) is 6.08 Å². The van der Waals surface area contributed by atoms with Crippen molar-refractivity contribution in [2.24, 2.45) is 0 Å². The molecule has 3 nitrogen and oxygen atoms in total. The van der Waals surface area contributed by atoms with Crippen LogP contribution in [0.25, 0.3) is 0 Å². The Morgan fingerprint density at radius 3 is 2.64 bits per heavy atom. The standard InChI is InChI=1S/C7H10O3S/c1-3-5(11)7(9)10-6(8)4-2/h4-5,11H,2-3H2,1H3. The van der Waals surface area contributed by atoms with E-state index in [9.17, 15) is 9.59 Å². The second-order valence-electron chi connectivity index (χ2n) is 1.87. The number of ether oxygens (including phenoxy) is 1. The molecule has 0 rings (SSSR count). The lowest BCUT2D eigenvalue weighted by molar-refractivity contribution is -0.155. The summed E-state index contributed by atoms with van der Waals surface area (Å²) in [5.41, 5.74) is 0. The van der Waals surface area contributed by atoms with Gasteiger partial charge in [-0.05, 0) is 6.42 Å². The first kappa shape index (κ1) is 10.2. The fourth-order valence-corrected chi connectivity index (χ4v) is 0.428. The number of thiol groups is 1. The maximum Gasteiger partial charge on any atom is 0.337 e. The lowest BCUT2D eigenvalue weighted by atomic mass is 10.3. The molecule has 0 aromatic heterocycles. The van der Waals surface area contributed by atoms with Gasteiger partial charge in [-0.25, -0.2) is 4.79 Å². The minimum absolute atomic E-state index is 0.529. The van der Waals surface area contributed by atoms with Gasteiger partial charge in [-0.1, -0.05) is 13.5 Å². The first-order valence-electron chi connectivity index (χ1n) is 3.18. The van der Waals surface area contributed by atoms with Gasteiger partial charge in [-0.2, -0.15) is 12.6 Å². The number of esters is 2. The van der Waals surface area contributed by atoms with Gasteiger partial charge in [0.25, 0.3) is 0 Å². The minimum atomic E-state index is -0.734. The molecule has 0 aliphatic heterocycles. The highest BCUT2D eigenvalue weighted by atomic mass is 32.1. The first-order valence-corrected chi connectivity index (χ1v) is 3.69. The summed E-state index contributed by atoms with van der Waals surface area (Å²) in [6.45, 7) is 4.92. The Labute approximate surface area is 70.8 Å². The van der Waals surface area contributed by atoms with Gasteiger partial charge < -0.3 is 4.74 Å². The maximum atomic E-state index is 10.8. The van der Waals surface area contributed by atoms with Crippen molar-refractivity contribution in [1.82, 2.24) is 0 Å². The van der Waals surface area contributed by atoms with Gasteiger partial charge in [-0.3, -0.25) is 4.79 Å². The molecule has 0 aromatic rings. The van der Waals surface area contributed by atoms with Gasteiger partial charge in [0.15, 0.2) is 0 Å². The van der Waals surface area contributed by atoms with Gasteiger partial charge >= 0.3 is 11.9 Å². The average molecular weight is 174 g/mol. The molecule has 62 valence electrons. The van der Waals surface area contributed by atoms with E-state index >= 15 is 0 Å². The summed E-state index contributed by atoms with van der Waals surface area (Å²) in [6, 6.07) is 0. The Kier molecular flexibility index (Phi) is 4.61. The molecule has 0 amide bonds. The van der Waals surface area contributed by atoms with Gasteiger partial charge in [-0.15, -0.1) is 0 Å². The van der Waals surface area contributed by atoms with E-state index in [-0.39, 0.29) is 0 Å². The van der Waals surface area contributed by atoms with Crippen LogP contribution in [0.2, 0.25) is 0 Å². The molecule has 4 heteroatoms. The van der Waals surface area contributed by atoms with Crippen molar-refractivity contribution in [3.63, 3.8) is 0 Å². The zero-order valence-electron chi connectivity index (χ0n) is 6.24. The second kappa shape index (κ2) is 4.96. The molecule has 11 heavy (non-hydrogen) atoms. The minimum Gasteiger partial charge on any atom is -0.389 e. The largest absolute Gasteiger partial charge is 0.389 e. The van der Waals surface area contributed by atoms with Crippen molar-refractivity contribution in [3.05, 3.63) is 12.7 Å². The summed E-state index contributed by atoms with van der Waals surface area (Å²) in [6.07, 6.45) is 1.47. The first-order chi connectivity index (χ1) is 5.11. The highest BCUT2D eigenvalue weighted by Crippen LogP contribution is 2.02. The molecule has 0 N–H and O–H groups in total. The van der Waals surface area contributed by atoms with Crippen LogP contribution in [0.1, 0.15) is 13.3 Å². The SMILES string of the molecule is C=CC(=O)OC(=O)C(S)CC. The second-order valence-corrected chi connectivity index (χ2v) is 2.49. The van der Waals surface area contributed by atoms with Crippen molar-refractivity contribution in [2.45, 2.75) is 18.6 Å². The Morgan fingerprint density at radius 2 is 2.27 bits per heavy atom. The quantitative estimate of drug-likeness (QED) is 0.300. The van der Waals surface area contributed by atoms with Crippen molar-refractivity contribution >= 4 is 24.6 Å². The normalized spacial score (nSPS) is 11.8. The maximum absolute atomic E-state index is 10.8. The molecule has 0 saturated carbocycles. The summed E-state index contributed by atoms with van der Waals surface area (Å²) in [4.78, 5) is 21.2. The van der Waals surface area contributed by atoms with Gasteiger partial charge in [0.2, 0.25) is 0 Å². The van der Waals surface area contributed by atoms with E-state index in [1.54, 1.807) is 6.92 Å². The number of hydrogen-bond acceptors (Lipinski definition) is 4. The van der Waals surface area contributed by atoms with Crippen LogP contribution in [0.4, 0.5) is 0 Å². The number of rotatable bonds is 3. The number of hydrogen-bond donors (Lipinski definition) is 1. The van der Waals surface area contributed by atoms with Crippen molar-refractivity contribution in [2.75, 3.05) is 0 Å². The van der Waals surface area contributed by atoms with E-state index in [0.29, 0.717) is 6.42 Å². The molecule has 0 heterocycles. The van der Waals surface area contributed by atoms with Crippen LogP contribution in [0, 0.1) is 0 Å². The highest BCUT2D eigenvalue weighted by molar-refractivity contribution is 7.81. The molecular formula is C7H10O3S. The van der Waals surface area contributed by atoms with E-state index in [1.807, 2.05) is 0 Å². The third kappa shape index (κ3) is 3.83. The van der Waals surface area contributed by atoms with E-state index in [1.165, 1.54) is 0 Å². The van der Waals surface area contributed by atoms with E-state index in [4.69, 9.17) is 0 Å². The predicted octanol–water partition coefficient (Wildman–Crippen LogP) is 0.951. The topological polar surface area (TPSA) is 43.4 Å². The summed E-state index contributed by atoms with van der Waals surface area (Å²) in [7, 11) is 0. The van der Waals surface area contributed by atoms with Crippen LogP contribution in [0.5, 0.6) is 0 Å². The zero-order chi connectivity index (χ0) is 8.85. The summed E-state index contributed by atoms with van der Waals surface area (Å²) >= 11 is 3.88. The predicted molar refractivity (Wildman–Crippen MR) is 44.4 cm³/mol. The van der Waals surface area contributed by atoms with Crippen LogP contribution in [-0.2, 0) is 14.3 Å². The molecule has 0 aromatic carbocycles. The Hall–Kier alpha value is -0.770. The Bertz CT molecular complexity index is 177. The van der Waals surface area contributed by atoms with Crippen LogP contribution in [0.3, 0.4) is 0 Å².